The highest BCUT2D eigenvalue weighted by Gasteiger charge is 2.23. The Morgan fingerprint density at radius 2 is 1.78 bits per heavy atom. The maximum atomic E-state index is 12.0. The first-order valence-electron chi connectivity index (χ1n) is 6.95. The molecule has 0 saturated carbocycles. The van der Waals surface area contributed by atoms with Crippen LogP contribution in [0, 0.1) is 6.92 Å². The van der Waals surface area contributed by atoms with Crippen molar-refractivity contribution in [3.05, 3.63) is 54.1 Å². The summed E-state index contributed by atoms with van der Waals surface area (Å²) >= 11 is 1.53. The first-order valence-corrected chi connectivity index (χ1v) is 9.32. The number of hydrogen-bond acceptors (Lipinski definition) is 4. The van der Waals surface area contributed by atoms with Crippen molar-refractivity contribution in [3.63, 3.8) is 0 Å². The van der Waals surface area contributed by atoms with E-state index in [0.717, 1.165) is 26.2 Å². The molecule has 0 atom stereocenters. The summed E-state index contributed by atoms with van der Waals surface area (Å²) in [6, 6.07) is 15.3. The molecule has 4 rings (SSSR count). The van der Waals surface area contributed by atoms with Gasteiger partial charge in [-0.1, -0.05) is 30.3 Å². The van der Waals surface area contributed by atoms with Crippen LogP contribution in [0.25, 0.3) is 26.1 Å². The van der Waals surface area contributed by atoms with Crippen molar-refractivity contribution in [2.75, 3.05) is 0 Å². The zero-order valence-electron chi connectivity index (χ0n) is 12.2. The Bertz CT molecular complexity index is 1160. The third kappa shape index (κ3) is 2.16. The lowest BCUT2D eigenvalue weighted by atomic mass is 10.2. The second kappa shape index (κ2) is 4.89. The highest BCUT2D eigenvalue weighted by molar-refractivity contribution is 7.89. The normalized spacial score (nSPS) is 12.3. The standard InChI is InChI=1S/C16H13N3O2S2/c1-10-11-6-2-5-9-14(11)22-15(10)19-13-8-4-3-7-12(13)18-16(19)23(17,20)21/h2-9H,1H3,(H2,17,20,21). The van der Waals surface area contributed by atoms with Crippen LogP contribution in [0.15, 0.2) is 53.7 Å². The highest BCUT2D eigenvalue weighted by Crippen LogP contribution is 2.36. The Labute approximate surface area is 137 Å². The van der Waals surface area contributed by atoms with Crippen LogP contribution >= 0.6 is 11.3 Å². The molecule has 0 bridgehead atoms. The number of primary sulfonamides is 1. The number of thiophene rings is 1. The van der Waals surface area contributed by atoms with E-state index in [0.29, 0.717) is 5.52 Å². The maximum Gasteiger partial charge on any atom is 0.272 e. The zero-order chi connectivity index (χ0) is 16.2. The molecular formula is C16H13N3O2S2. The number of aromatic nitrogens is 2. The Hall–Kier alpha value is -2.22. The van der Waals surface area contributed by atoms with Gasteiger partial charge in [0.15, 0.2) is 0 Å². The number of para-hydroxylation sites is 2. The molecule has 2 N–H and O–H groups in total. The minimum Gasteiger partial charge on any atom is -0.273 e. The van der Waals surface area contributed by atoms with Crippen molar-refractivity contribution >= 4 is 42.5 Å². The minimum absolute atomic E-state index is 0.131. The summed E-state index contributed by atoms with van der Waals surface area (Å²) in [5, 5.41) is 7.19. The first kappa shape index (κ1) is 14.4. The molecule has 0 radical (unpaired) electrons. The van der Waals surface area contributed by atoms with Gasteiger partial charge in [0, 0.05) is 4.70 Å². The van der Waals surface area contributed by atoms with Gasteiger partial charge in [-0.3, -0.25) is 4.57 Å². The van der Waals surface area contributed by atoms with Crippen LogP contribution in [0.1, 0.15) is 5.56 Å². The maximum absolute atomic E-state index is 12.0. The first-order chi connectivity index (χ1) is 11.0. The number of nitrogens with two attached hydrogens (primary N) is 1. The van der Waals surface area contributed by atoms with Gasteiger partial charge >= 0.3 is 0 Å². The molecule has 0 spiro atoms. The van der Waals surface area contributed by atoms with E-state index in [-0.39, 0.29) is 5.16 Å². The van der Waals surface area contributed by atoms with Crippen LogP contribution in [0.4, 0.5) is 0 Å². The van der Waals surface area contributed by atoms with Gasteiger partial charge in [0.1, 0.15) is 5.00 Å². The van der Waals surface area contributed by atoms with Crippen molar-refractivity contribution < 1.29 is 8.42 Å². The van der Waals surface area contributed by atoms with Gasteiger partial charge in [-0.15, -0.1) is 11.3 Å². The summed E-state index contributed by atoms with van der Waals surface area (Å²) in [7, 11) is -3.94. The van der Waals surface area contributed by atoms with Crippen molar-refractivity contribution in [3.8, 4) is 5.00 Å². The second-order valence-electron chi connectivity index (χ2n) is 5.29. The van der Waals surface area contributed by atoms with Gasteiger partial charge in [-0.05, 0) is 36.1 Å². The summed E-state index contributed by atoms with van der Waals surface area (Å²) in [6.07, 6.45) is 0. The number of sulfonamides is 1. The fourth-order valence-corrected chi connectivity index (χ4v) is 4.72. The molecule has 2 aromatic carbocycles. The molecule has 0 aliphatic carbocycles. The lowest BCUT2D eigenvalue weighted by molar-refractivity contribution is 0.587. The van der Waals surface area contributed by atoms with Gasteiger partial charge in [-0.25, -0.2) is 18.5 Å². The molecule has 0 saturated heterocycles. The van der Waals surface area contributed by atoms with Crippen LogP contribution in [-0.4, -0.2) is 18.0 Å². The van der Waals surface area contributed by atoms with E-state index in [1.807, 2.05) is 49.4 Å². The minimum atomic E-state index is -3.94. The molecule has 0 amide bonds. The van der Waals surface area contributed by atoms with Crippen molar-refractivity contribution in [2.24, 2.45) is 5.14 Å². The smallest absolute Gasteiger partial charge is 0.272 e. The van der Waals surface area contributed by atoms with E-state index in [4.69, 9.17) is 5.14 Å². The number of imidazole rings is 1. The van der Waals surface area contributed by atoms with E-state index in [1.165, 1.54) is 11.3 Å². The molecule has 7 heteroatoms. The number of rotatable bonds is 2. The molecule has 5 nitrogen and oxygen atoms in total. The lowest BCUT2D eigenvalue weighted by Gasteiger charge is -2.06. The van der Waals surface area contributed by atoms with Crippen LogP contribution in [0.5, 0.6) is 0 Å². The summed E-state index contributed by atoms with van der Waals surface area (Å²) in [5.41, 5.74) is 2.35. The van der Waals surface area contributed by atoms with E-state index in [2.05, 4.69) is 4.98 Å². The molecular weight excluding hydrogens is 330 g/mol. The lowest BCUT2D eigenvalue weighted by Crippen LogP contribution is -2.17. The third-order valence-corrected chi connectivity index (χ3v) is 5.85. The van der Waals surface area contributed by atoms with Crippen LogP contribution < -0.4 is 5.14 Å². The topological polar surface area (TPSA) is 78.0 Å². The number of benzene rings is 2. The average molecular weight is 343 g/mol. The largest absolute Gasteiger partial charge is 0.273 e. The molecule has 0 fully saturated rings. The fraction of sp³-hybridized carbons (Fsp3) is 0.0625. The molecule has 0 unspecified atom stereocenters. The van der Waals surface area contributed by atoms with E-state index in [9.17, 15) is 8.42 Å². The highest BCUT2D eigenvalue weighted by atomic mass is 32.2. The molecule has 23 heavy (non-hydrogen) atoms. The van der Waals surface area contributed by atoms with Crippen LogP contribution in [-0.2, 0) is 10.0 Å². The molecule has 2 heterocycles. The Morgan fingerprint density at radius 1 is 1.09 bits per heavy atom. The van der Waals surface area contributed by atoms with Gasteiger partial charge in [-0.2, -0.15) is 0 Å². The summed E-state index contributed by atoms with van der Waals surface area (Å²) < 4.78 is 26.8. The molecule has 0 aliphatic rings. The Kier molecular flexibility index (Phi) is 3.06. The number of nitrogens with zero attached hydrogens (tertiary/aromatic N) is 2. The van der Waals surface area contributed by atoms with Crippen LogP contribution in [0.3, 0.4) is 0 Å². The average Bonchev–Trinajstić information content (AvgIpc) is 3.06. The summed E-state index contributed by atoms with van der Waals surface area (Å²) in [5.74, 6) is 0. The molecule has 0 aliphatic heterocycles. The van der Waals surface area contributed by atoms with Crippen molar-refractivity contribution in [1.29, 1.82) is 0 Å². The second-order valence-corrected chi connectivity index (χ2v) is 7.78. The van der Waals surface area contributed by atoms with E-state index < -0.39 is 10.0 Å². The monoisotopic (exact) mass is 343 g/mol. The molecule has 4 aromatic rings. The zero-order valence-corrected chi connectivity index (χ0v) is 13.9. The molecule has 2 aromatic heterocycles. The molecule has 116 valence electrons. The summed E-state index contributed by atoms with van der Waals surface area (Å²) in [6.45, 7) is 1.98. The van der Waals surface area contributed by atoms with Crippen molar-refractivity contribution in [1.82, 2.24) is 9.55 Å². The van der Waals surface area contributed by atoms with Crippen LogP contribution in [0.2, 0.25) is 0 Å². The third-order valence-electron chi connectivity index (χ3n) is 3.81. The van der Waals surface area contributed by atoms with E-state index >= 15 is 0 Å². The Morgan fingerprint density at radius 3 is 2.52 bits per heavy atom. The quantitative estimate of drug-likeness (QED) is 0.607. The van der Waals surface area contributed by atoms with Gasteiger partial charge in [0.05, 0.1) is 11.0 Å². The van der Waals surface area contributed by atoms with Gasteiger partial charge in [0.2, 0.25) is 5.16 Å². The van der Waals surface area contributed by atoms with Gasteiger partial charge < -0.3 is 0 Å². The van der Waals surface area contributed by atoms with Gasteiger partial charge in [0.25, 0.3) is 10.0 Å². The summed E-state index contributed by atoms with van der Waals surface area (Å²) in [4.78, 5) is 4.23. The fourth-order valence-electron chi connectivity index (χ4n) is 2.77. The Balaban J connectivity index is 2.17. The number of aryl methyl sites for hydroxylation is 1. The van der Waals surface area contributed by atoms with Crippen molar-refractivity contribution in [2.45, 2.75) is 12.1 Å². The predicted molar refractivity (Wildman–Crippen MR) is 92.6 cm³/mol. The predicted octanol–water partition coefficient (Wildman–Crippen LogP) is 3.20. The number of hydrogen-bond donors (Lipinski definition) is 1. The number of fused-ring (bicyclic) bond motifs is 2. The SMILES string of the molecule is Cc1c(-n2c(S(N)(=O)=O)nc3ccccc32)sc2ccccc12. The van der Waals surface area contributed by atoms with E-state index in [1.54, 1.807) is 10.6 Å².